The van der Waals surface area contributed by atoms with Crippen molar-refractivity contribution < 1.29 is 13.5 Å². The summed E-state index contributed by atoms with van der Waals surface area (Å²) >= 11 is 0. The van der Waals surface area contributed by atoms with E-state index in [-0.39, 0.29) is 16.9 Å². The van der Waals surface area contributed by atoms with Crippen LogP contribution in [0.3, 0.4) is 0 Å². The number of nitrogens with zero attached hydrogens (tertiary/aromatic N) is 3. The summed E-state index contributed by atoms with van der Waals surface area (Å²) in [5.41, 5.74) is 0.215. The number of hydrogen-bond donors (Lipinski definition) is 1. The molecule has 0 unspecified atom stereocenters. The van der Waals surface area contributed by atoms with Crippen molar-refractivity contribution in [3.63, 3.8) is 0 Å². The third kappa shape index (κ3) is 3.16. The molecule has 0 bridgehead atoms. The van der Waals surface area contributed by atoms with E-state index in [1.54, 1.807) is 0 Å². The summed E-state index contributed by atoms with van der Waals surface area (Å²) < 4.78 is 27.8. The molecule has 0 radical (unpaired) electrons. The number of sulfonamides is 1. The van der Waals surface area contributed by atoms with Crippen molar-refractivity contribution >= 4 is 10.0 Å². The van der Waals surface area contributed by atoms with Crippen molar-refractivity contribution in [1.82, 2.24) is 14.1 Å². The summed E-state index contributed by atoms with van der Waals surface area (Å²) in [6, 6.07) is 0. The molecule has 0 amide bonds. The van der Waals surface area contributed by atoms with Gasteiger partial charge in [-0.2, -0.15) is 9.40 Å². The van der Waals surface area contributed by atoms with Crippen molar-refractivity contribution in [2.45, 2.75) is 38.1 Å². The van der Waals surface area contributed by atoms with E-state index in [9.17, 15) is 8.42 Å². The zero-order valence-corrected chi connectivity index (χ0v) is 12.2. The zero-order valence-electron chi connectivity index (χ0n) is 11.4. The molecule has 19 heavy (non-hydrogen) atoms. The average Bonchev–Trinajstić information content (AvgIpc) is 2.78. The molecule has 0 aromatic carbocycles. The Hall–Kier alpha value is -0.920. The Morgan fingerprint density at radius 3 is 2.58 bits per heavy atom. The van der Waals surface area contributed by atoms with Crippen LogP contribution in [0.1, 0.15) is 26.7 Å². The van der Waals surface area contributed by atoms with Gasteiger partial charge in [-0.1, -0.05) is 13.8 Å². The van der Waals surface area contributed by atoms with Crippen molar-refractivity contribution in [3.8, 4) is 0 Å². The van der Waals surface area contributed by atoms with E-state index in [1.807, 2.05) is 0 Å². The van der Waals surface area contributed by atoms with Gasteiger partial charge in [0, 0.05) is 19.3 Å². The Bertz CT molecular complexity index is 526. The van der Waals surface area contributed by atoms with Crippen LogP contribution in [0.2, 0.25) is 0 Å². The van der Waals surface area contributed by atoms with Crippen LogP contribution >= 0.6 is 0 Å². The van der Waals surface area contributed by atoms with Gasteiger partial charge in [0.15, 0.2) is 0 Å². The SMILES string of the molecule is CC1(C)CCN(S(=O)(=O)c2cnn(CCO)c2)CC1. The molecule has 0 atom stereocenters. The second-order valence-electron chi connectivity index (χ2n) is 5.73. The highest BCUT2D eigenvalue weighted by molar-refractivity contribution is 7.89. The lowest BCUT2D eigenvalue weighted by molar-refractivity contribution is 0.196. The minimum atomic E-state index is -3.44. The lowest BCUT2D eigenvalue weighted by Crippen LogP contribution is -2.40. The molecule has 108 valence electrons. The van der Waals surface area contributed by atoms with E-state index in [0.29, 0.717) is 19.6 Å². The van der Waals surface area contributed by atoms with E-state index >= 15 is 0 Å². The third-order valence-corrected chi connectivity index (χ3v) is 5.50. The van der Waals surface area contributed by atoms with Gasteiger partial charge in [-0.3, -0.25) is 4.68 Å². The molecule has 1 aromatic heterocycles. The average molecular weight is 287 g/mol. The molecule has 2 rings (SSSR count). The molecule has 1 fully saturated rings. The summed E-state index contributed by atoms with van der Waals surface area (Å²) in [5, 5.41) is 12.8. The van der Waals surface area contributed by atoms with Crippen LogP contribution < -0.4 is 0 Å². The second kappa shape index (κ2) is 5.22. The zero-order chi connectivity index (χ0) is 14.1. The van der Waals surface area contributed by atoms with E-state index < -0.39 is 10.0 Å². The van der Waals surface area contributed by atoms with Gasteiger partial charge in [-0.25, -0.2) is 8.42 Å². The van der Waals surface area contributed by atoms with Gasteiger partial charge in [-0.15, -0.1) is 0 Å². The van der Waals surface area contributed by atoms with E-state index in [2.05, 4.69) is 18.9 Å². The van der Waals surface area contributed by atoms with Crippen molar-refractivity contribution in [2.24, 2.45) is 5.41 Å². The van der Waals surface area contributed by atoms with Gasteiger partial charge in [-0.05, 0) is 18.3 Å². The summed E-state index contributed by atoms with van der Waals surface area (Å²) in [5.74, 6) is 0. The first-order valence-electron chi connectivity index (χ1n) is 6.49. The van der Waals surface area contributed by atoms with E-state index in [1.165, 1.54) is 21.4 Å². The van der Waals surface area contributed by atoms with Crippen LogP contribution in [0.5, 0.6) is 0 Å². The molecule has 0 saturated carbocycles. The maximum atomic E-state index is 12.4. The Morgan fingerprint density at radius 2 is 2.00 bits per heavy atom. The number of aromatic nitrogens is 2. The molecule has 0 spiro atoms. The number of piperidine rings is 1. The van der Waals surface area contributed by atoms with Crippen LogP contribution in [0, 0.1) is 5.41 Å². The monoisotopic (exact) mass is 287 g/mol. The predicted octanol–water partition coefficient (Wildman–Crippen LogP) is 0.686. The molecule has 0 aliphatic carbocycles. The van der Waals surface area contributed by atoms with Gasteiger partial charge >= 0.3 is 0 Å². The first-order valence-corrected chi connectivity index (χ1v) is 7.93. The highest BCUT2D eigenvalue weighted by Gasteiger charge is 2.33. The molecule has 2 heterocycles. The smallest absolute Gasteiger partial charge is 0.246 e. The Morgan fingerprint density at radius 1 is 1.37 bits per heavy atom. The maximum absolute atomic E-state index is 12.4. The topological polar surface area (TPSA) is 75.4 Å². The van der Waals surface area contributed by atoms with Crippen molar-refractivity contribution in [3.05, 3.63) is 12.4 Å². The normalized spacial score (nSPS) is 20.6. The summed E-state index contributed by atoms with van der Waals surface area (Å²) in [4.78, 5) is 0.209. The molecular weight excluding hydrogens is 266 g/mol. The summed E-state index contributed by atoms with van der Waals surface area (Å²) in [6.07, 6.45) is 4.57. The van der Waals surface area contributed by atoms with Gasteiger partial charge in [0.2, 0.25) is 10.0 Å². The first-order chi connectivity index (χ1) is 8.85. The van der Waals surface area contributed by atoms with Gasteiger partial charge in [0.25, 0.3) is 0 Å². The van der Waals surface area contributed by atoms with E-state index in [0.717, 1.165) is 12.8 Å². The Kier molecular flexibility index (Phi) is 3.98. The summed E-state index contributed by atoms with van der Waals surface area (Å²) in [6.45, 7) is 5.69. The molecule has 7 heteroatoms. The van der Waals surface area contributed by atoms with Gasteiger partial charge < -0.3 is 5.11 Å². The summed E-state index contributed by atoms with van der Waals surface area (Å²) in [7, 11) is -3.44. The number of aliphatic hydroxyl groups is 1. The number of aliphatic hydroxyl groups excluding tert-OH is 1. The second-order valence-corrected chi connectivity index (χ2v) is 7.67. The lowest BCUT2D eigenvalue weighted by Gasteiger charge is -2.35. The Labute approximate surface area is 114 Å². The minimum Gasteiger partial charge on any atom is -0.394 e. The predicted molar refractivity (Wildman–Crippen MR) is 71.1 cm³/mol. The fraction of sp³-hybridized carbons (Fsp3) is 0.750. The van der Waals surface area contributed by atoms with Crippen LogP contribution in [-0.4, -0.2) is 47.3 Å². The lowest BCUT2D eigenvalue weighted by atomic mass is 9.83. The molecule has 1 aliphatic rings. The first kappa shape index (κ1) is 14.5. The highest BCUT2D eigenvalue weighted by atomic mass is 32.2. The minimum absolute atomic E-state index is 0.0565. The van der Waals surface area contributed by atoms with Crippen molar-refractivity contribution in [1.29, 1.82) is 0 Å². The van der Waals surface area contributed by atoms with Crippen LogP contribution in [0.25, 0.3) is 0 Å². The van der Waals surface area contributed by atoms with E-state index in [4.69, 9.17) is 5.11 Å². The Balaban J connectivity index is 2.13. The fourth-order valence-electron chi connectivity index (χ4n) is 2.18. The standard InChI is InChI=1S/C12H21N3O3S/c1-12(2)3-5-15(6-4-12)19(17,18)11-9-13-14(10-11)7-8-16/h9-10,16H,3-8H2,1-2H3. The highest BCUT2D eigenvalue weighted by Crippen LogP contribution is 2.32. The van der Waals surface area contributed by atoms with Gasteiger partial charge in [0.1, 0.15) is 4.90 Å². The molecule has 1 aliphatic heterocycles. The van der Waals surface area contributed by atoms with Gasteiger partial charge in [0.05, 0.1) is 19.3 Å². The maximum Gasteiger partial charge on any atom is 0.246 e. The molecule has 1 aromatic rings. The number of rotatable bonds is 4. The largest absolute Gasteiger partial charge is 0.394 e. The third-order valence-electron chi connectivity index (χ3n) is 3.65. The molecule has 6 nitrogen and oxygen atoms in total. The van der Waals surface area contributed by atoms with Crippen molar-refractivity contribution in [2.75, 3.05) is 19.7 Å². The fourth-order valence-corrected chi connectivity index (χ4v) is 3.58. The van der Waals surface area contributed by atoms with Crippen LogP contribution in [0.15, 0.2) is 17.3 Å². The quantitative estimate of drug-likeness (QED) is 0.884. The van der Waals surface area contributed by atoms with Crippen LogP contribution in [0.4, 0.5) is 0 Å². The van der Waals surface area contributed by atoms with Crippen LogP contribution in [-0.2, 0) is 16.6 Å². The number of hydrogen-bond acceptors (Lipinski definition) is 4. The molecular formula is C12H21N3O3S. The molecule has 1 saturated heterocycles. The molecule has 1 N–H and O–H groups in total.